The highest BCUT2D eigenvalue weighted by Gasteiger charge is 2.42. The summed E-state index contributed by atoms with van der Waals surface area (Å²) in [5.41, 5.74) is 5.09. The molecule has 2 unspecified atom stereocenters. The predicted molar refractivity (Wildman–Crippen MR) is 165 cm³/mol. The Labute approximate surface area is 252 Å². The number of carbonyl (C=O) groups excluding carboxylic acids is 1. The quantitative estimate of drug-likeness (QED) is 0.241. The van der Waals surface area contributed by atoms with E-state index in [4.69, 9.17) is 32.7 Å². The molecule has 5 rings (SSSR count). The first-order valence-corrected chi connectivity index (χ1v) is 14.9. The van der Waals surface area contributed by atoms with Gasteiger partial charge in [-0.3, -0.25) is 10.1 Å². The second kappa shape index (κ2) is 13.3. The fourth-order valence-corrected chi connectivity index (χ4v) is 6.00. The van der Waals surface area contributed by atoms with Crippen molar-refractivity contribution in [1.29, 1.82) is 0 Å². The zero-order valence-corrected chi connectivity index (χ0v) is 25.1. The Morgan fingerprint density at radius 1 is 1.00 bits per heavy atom. The number of aryl methyl sites for hydroxylation is 3. The van der Waals surface area contributed by atoms with Crippen LogP contribution in [-0.4, -0.2) is 44.8 Å². The first kappa shape index (κ1) is 29.5. The van der Waals surface area contributed by atoms with Gasteiger partial charge in [0.1, 0.15) is 24.7 Å². The summed E-state index contributed by atoms with van der Waals surface area (Å²) in [5.74, 6) is 1.45. The van der Waals surface area contributed by atoms with E-state index in [1.807, 2.05) is 62.4 Å². The number of hydrogen-bond acceptors (Lipinski definition) is 5. The fourth-order valence-electron chi connectivity index (χ4n) is 5.50. The van der Waals surface area contributed by atoms with Gasteiger partial charge in [-0.2, -0.15) is 0 Å². The molecular weight excluding hydrogens is 557 g/mol. The summed E-state index contributed by atoms with van der Waals surface area (Å²) >= 11 is 12.6. The molecule has 3 aromatic carbocycles. The third-order valence-electron chi connectivity index (χ3n) is 7.96. The van der Waals surface area contributed by atoms with Crippen molar-refractivity contribution in [1.82, 2.24) is 16.0 Å². The SMILES string of the molecule is Cc1cc(Cl)c(OCCOc2ccc(C34CC=C(C(=O)NCCCc5ccccc5Cl)C(CNC3)N4)cc2)cc1C. The normalized spacial score (nSPS) is 19.8. The third kappa shape index (κ3) is 7.07. The van der Waals surface area contributed by atoms with Gasteiger partial charge in [-0.05, 0) is 85.7 Å². The Kier molecular flexibility index (Phi) is 9.56. The number of nitrogens with one attached hydrogen (secondary N) is 3. The molecule has 6 nitrogen and oxygen atoms in total. The van der Waals surface area contributed by atoms with Gasteiger partial charge in [0.05, 0.1) is 16.6 Å². The van der Waals surface area contributed by atoms with E-state index in [-0.39, 0.29) is 17.5 Å². The van der Waals surface area contributed by atoms with Crippen LogP contribution in [0.1, 0.15) is 35.1 Å². The molecule has 2 atom stereocenters. The molecule has 0 aromatic heterocycles. The van der Waals surface area contributed by atoms with Crippen molar-refractivity contribution >= 4 is 29.1 Å². The average Bonchev–Trinajstić information content (AvgIpc) is 2.97. The molecule has 0 spiro atoms. The van der Waals surface area contributed by atoms with E-state index < -0.39 is 0 Å². The third-order valence-corrected chi connectivity index (χ3v) is 8.63. The molecule has 0 aliphatic carbocycles. The topological polar surface area (TPSA) is 71.6 Å². The van der Waals surface area contributed by atoms with Gasteiger partial charge in [-0.25, -0.2) is 0 Å². The molecule has 0 saturated carbocycles. The number of piperazine rings is 1. The number of ether oxygens (including phenoxy) is 2. The molecule has 216 valence electrons. The van der Waals surface area contributed by atoms with Crippen LogP contribution in [0.15, 0.2) is 72.3 Å². The summed E-state index contributed by atoms with van der Waals surface area (Å²) in [5, 5.41) is 11.8. The highest BCUT2D eigenvalue weighted by atomic mass is 35.5. The standard InChI is InChI=1S/C33H37Cl2N3O3/c1-22-18-29(35)31(19-23(22)2)41-17-16-40-26-11-9-25(10-12-26)33-14-13-27(30(38-33)20-36-21-33)32(39)37-15-5-7-24-6-3-4-8-28(24)34/h3-4,6,8-13,18-19,30,36,38H,5,7,14-17,20-21H2,1-2H3,(H,37,39). The van der Waals surface area contributed by atoms with Crippen LogP contribution < -0.4 is 25.4 Å². The Bertz CT molecular complexity index is 1410. The van der Waals surface area contributed by atoms with E-state index in [2.05, 4.69) is 34.2 Å². The first-order chi connectivity index (χ1) is 19.8. The smallest absolute Gasteiger partial charge is 0.248 e. The number of halogens is 2. The fraction of sp³-hybridized carbons (Fsp3) is 0.364. The van der Waals surface area contributed by atoms with Gasteiger partial charge in [0.15, 0.2) is 0 Å². The second-order valence-corrected chi connectivity index (χ2v) is 11.6. The maximum atomic E-state index is 13.0. The largest absolute Gasteiger partial charge is 0.490 e. The molecule has 2 bridgehead atoms. The van der Waals surface area contributed by atoms with E-state index in [0.29, 0.717) is 37.1 Å². The molecule has 41 heavy (non-hydrogen) atoms. The van der Waals surface area contributed by atoms with Gasteiger partial charge in [-0.15, -0.1) is 0 Å². The van der Waals surface area contributed by atoms with Gasteiger partial charge in [0, 0.05) is 30.2 Å². The summed E-state index contributed by atoms with van der Waals surface area (Å²) in [6.07, 6.45) is 4.50. The predicted octanol–water partition coefficient (Wildman–Crippen LogP) is 5.90. The van der Waals surface area contributed by atoms with Gasteiger partial charge in [0.25, 0.3) is 0 Å². The summed E-state index contributed by atoms with van der Waals surface area (Å²) in [6.45, 7) is 6.99. The molecule has 1 amide bonds. The van der Waals surface area contributed by atoms with Crippen molar-refractivity contribution in [2.45, 2.75) is 44.7 Å². The Balaban J connectivity index is 1.12. The molecule has 3 aromatic rings. The molecule has 1 fully saturated rings. The van der Waals surface area contributed by atoms with Crippen molar-refractivity contribution in [3.05, 3.63) is 105 Å². The van der Waals surface area contributed by atoms with E-state index in [9.17, 15) is 4.79 Å². The minimum atomic E-state index is -0.265. The summed E-state index contributed by atoms with van der Waals surface area (Å²) in [6, 6.07) is 19.9. The number of carbonyl (C=O) groups is 1. The van der Waals surface area contributed by atoms with Crippen LogP contribution in [-0.2, 0) is 16.8 Å². The molecule has 8 heteroatoms. The second-order valence-electron chi connectivity index (χ2n) is 10.8. The van der Waals surface area contributed by atoms with Crippen molar-refractivity contribution in [3.8, 4) is 11.5 Å². The highest BCUT2D eigenvalue weighted by molar-refractivity contribution is 6.32. The van der Waals surface area contributed by atoms with Crippen LogP contribution in [0.5, 0.6) is 11.5 Å². The number of fused-ring (bicyclic) bond motifs is 2. The van der Waals surface area contributed by atoms with Crippen LogP contribution in [0.4, 0.5) is 0 Å². The van der Waals surface area contributed by atoms with Gasteiger partial charge < -0.3 is 20.1 Å². The zero-order chi connectivity index (χ0) is 28.8. The van der Waals surface area contributed by atoms with Gasteiger partial charge in [0.2, 0.25) is 5.91 Å². The van der Waals surface area contributed by atoms with Crippen LogP contribution >= 0.6 is 23.2 Å². The lowest BCUT2D eigenvalue weighted by molar-refractivity contribution is -0.118. The number of rotatable bonds is 11. The van der Waals surface area contributed by atoms with Crippen LogP contribution in [0.3, 0.4) is 0 Å². The lowest BCUT2D eigenvalue weighted by atomic mass is 9.78. The van der Waals surface area contributed by atoms with Crippen LogP contribution in [0, 0.1) is 13.8 Å². The Hall–Kier alpha value is -3.03. The van der Waals surface area contributed by atoms with Crippen molar-refractivity contribution in [3.63, 3.8) is 0 Å². The van der Waals surface area contributed by atoms with E-state index in [0.717, 1.165) is 64.4 Å². The monoisotopic (exact) mass is 593 g/mol. The number of benzene rings is 3. The molecule has 3 N–H and O–H groups in total. The minimum absolute atomic E-state index is 0.00740. The number of amides is 1. The summed E-state index contributed by atoms with van der Waals surface area (Å²) in [4.78, 5) is 13.0. The highest BCUT2D eigenvalue weighted by Crippen LogP contribution is 2.34. The molecule has 2 heterocycles. The molecule has 1 saturated heterocycles. The lowest BCUT2D eigenvalue weighted by Gasteiger charge is -2.46. The summed E-state index contributed by atoms with van der Waals surface area (Å²) in [7, 11) is 0. The van der Waals surface area contributed by atoms with E-state index in [1.54, 1.807) is 0 Å². The maximum Gasteiger partial charge on any atom is 0.248 e. The van der Waals surface area contributed by atoms with Crippen molar-refractivity contribution < 1.29 is 14.3 Å². The van der Waals surface area contributed by atoms with E-state index >= 15 is 0 Å². The average molecular weight is 595 g/mol. The minimum Gasteiger partial charge on any atom is -0.490 e. The Morgan fingerprint density at radius 2 is 1.76 bits per heavy atom. The van der Waals surface area contributed by atoms with Crippen molar-refractivity contribution in [2.75, 3.05) is 32.8 Å². The molecule has 0 radical (unpaired) electrons. The van der Waals surface area contributed by atoms with Gasteiger partial charge >= 0.3 is 0 Å². The Morgan fingerprint density at radius 3 is 2.56 bits per heavy atom. The lowest BCUT2D eigenvalue weighted by Crippen LogP contribution is -2.65. The van der Waals surface area contributed by atoms with E-state index in [1.165, 1.54) is 0 Å². The maximum absolute atomic E-state index is 13.0. The molecule has 2 aliphatic heterocycles. The van der Waals surface area contributed by atoms with Crippen LogP contribution in [0.25, 0.3) is 0 Å². The zero-order valence-electron chi connectivity index (χ0n) is 23.6. The number of hydrogen-bond donors (Lipinski definition) is 3. The summed E-state index contributed by atoms with van der Waals surface area (Å²) < 4.78 is 11.8. The first-order valence-electron chi connectivity index (χ1n) is 14.2. The van der Waals surface area contributed by atoms with Crippen molar-refractivity contribution in [2.24, 2.45) is 0 Å². The molecule has 2 aliphatic rings. The molecular formula is C33H37Cl2N3O3. The van der Waals surface area contributed by atoms with Crippen LogP contribution in [0.2, 0.25) is 10.0 Å². The van der Waals surface area contributed by atoms with Gasteiger partial charge in [-0.1, -0.05) is 59.6 Å².